The second-order valence-electron chi connectivity index (χ2n) is 10.0. The van der Waals surface area contributed by atoms with Crippen molar-refractivity contribution in [2.75, 3.05) is 0 Å². The molecule has 198 valence electrons. The fourth-order valence-corrected chi connectivity index (χ4v) is 5.82. The smallest absolute Gasteiger partial charge is 0.0618 e. The van der Waals surface area contributed by atoms with Gasteiger partial charge in [0.05, 0.1) is 16.9 Å². The van der Waals surface area contributed by atoms with Gasteiger partial charge in [-0.05, 0) is 67.5 Å². The van der Waals surface area contributed by atoms with Gasteiger partial charge in [-0.1, -0.05) is 98.2 Å². The summed E-state index contributed by atoms with van der Waals surface area (Å²) in [4.78, 5) is 0. The Bertz CT molecular complexity index is 1940. The van der Waals surface area contributed by atoms with Crippen LogP contribution in [0.25, 0.3) is 63.8 Å². The van der Waals surface area contributed by atoms with E-state index in [1.807, 2.05) is 31.2 Å². The van der Waals surface area contributed by atoms with E-state index in [9.17, 15) is 0 Å². The number of nitrogens with zero attached hydrogens (tertiary/aromatic N) is 2. The van der Waals surface area contributed by atoms with E-state index >= 15 is 0 Å². The molecule has 0 N–H and O–H groups in total. The zero-order chi connectivity index (χ0) is 28.3. The molecule has 5 aromatic rings. The highest BCUT2D eigenvalue weighted by Crippen LogP contribution is 2.34. The molecular weight excluding hydrogens is 496 g/mol. The van der Waals surface area contributed by atoms with Crippen LogP contribution in [0.2, 0.25) is 0 Å². The molecule has 2 heterocycles. The van der Waals surface area contributed by atoms with Crippen LogP contribution in [0.4, 0.5) is 0 Å². The summed E-state index contributed by atoms with van der Waals surface area (Å²) in [6.07, 6.45) is 20.3. The minimum absolute atomic E-state index is 1.08. The fourth-order valence-electron chi connectivity index (χ4n) is 5.82. The van der Waals surface area contributed by atoms with Crippen molar-refractivity contribution in [3.8, 4) is 22.5 Å². The molecule has 0 bridgehead atoms. The molecule has 0 spiro atoms. The minimum Gasteiger partial charge on any atom is -0.313 e. The zero-order valence-corrected chi connectivity index (χ0v) is 23.5. The van der Waals surface area contributed by atoms with Crippen molar-refractivity contribution in [2.45, 2.75) is 13.8 Å². The van der Waals surface area contributed by atoms with Crippen molar-refractivity contribution in [2.24, 2.45) is 0 Å². The van der Waals surface area contributed by atoms with Gasteiger partial charge in [0.25, 0.3) is 0 Å². The molecule has 0 amide bonds. The molecule has 41 heavy (non-hydrogen) atoms. The predicted molar refractivity (Wildman–Crippen MR) is 178 cm³/mol. The van der Waals surface area contributed by atoms with E-state index in [4.69, 9.17) is 0 Å². The largest absolute Gasteiger partial charge is 0.313 e. The molecule has 0 aliphatic heterocycles. The van der Waals surface area contributed by atoms with E-state index in [2.05, 4.69) is 144 Å². The molecule has 0 atom stereocenters. The third-order valence-corrected chi connectivity index (χ3v) is 7.67. The van der Waals surface area contributed by atoms with Gasteiger partial charge in [0.15, 0.2) is 0 Å². The topological polar surface area (TPSA) is 9.86 Å². The summed E-state index contributed by atoms with van der Waals surface area (Å²) >= 11 is 0. The number of fused-ring (bicyclic) bond motifs is 3. The lowest BCUT2D eigenvalue weighted by Crippen LogP contribution is -1.99. The Balaban J connectivity index is 1.37. The lowest BCUT2D eigenvalue weighted by atomic mass is 10.0. The highest BCUT2D eigenvalue weighted by atomic mass is 15.0. The van der Waals surface area contributed by atoms with Gasteiger partial charge in [-0.25, -0.2) is 0 Å². The zero-order valence-electron chi connectivity index (χ0n) is 23.5. The molecule has 0 fully saturated rings. The molecule has 2 aromatic heterocycles. The second kappa shape index (κ2) is 11.1. The molecule has 0 saturated carbocycles. The van der Waals surface area contributed by atoms with Crippen molar-refractivity contribution >= 4 is 41.3 Å². The van der Waals surface area contributed by atoms with Crippen molar-refractivity contribution in [1.29, 1.82) is 0 Å². The van der Waals surface area contributed by atoms with E-state index in [1.165, 1.54) is 38.9 Å². The Labute approximate surface area is 242 Å². The van der Waals surface area contributed by atoms with Crippen molar-refractivity contribution in [3.63, 3.8) is 0 Å². The lowest BCUT2D eigenvalue weighted by molar-refractivity contribution is 1.000. The molecule has 1 aliphatic rings. The number of hydrogen-bond donors (Lipinski definition) is 0. The van der Waals surface area contributed by atoms with Gasteiger partial charge in [0.2, 0.25) is 0 Å². The van der Waals surface area contributed by atoms with E-state index < -0.39 is 0 Å². The number of hydrogen-bond acceptors (Lipinski definition) is 0. The first kappa shape index (κ1) is 26.0. The van der Waals surface area contributed by atoms with Gasteiger partial charge in [-0.15, -0.1) is 5.73 Å². The van der Waals surface area contributed by atoms with Crippen molar-refractivity contribution < 1.29 is 0 Å². The van der Waals surface area contributed by atoms with Crippen LogP contribution >= 0.6 is 0 Å². The predicted octanol–water partition coefficient (Wildman–Crippen LogP) is 10.5. The highest BCUT2D eigenvalue weighted by Gasteiger charge is 2.17. The number of aromatic nitrogens is 2. The first-order valence-electron chi connectivity index (χ1n) is 13.9. The monoisotopic (exact) mass is 528 g/mol. The molecule has 2 heteroatoms. The van der Waals surface area contributed by atoms with E-state index in [-0.39, 0.29) is 0 Å². The third kappa shape index (κ3) is 4.51. The average molecular weight is 529 g/mol. The van der Waals surface area contributed by atoms with Crippen LogP contribution in [0, 0.1) is 6.92 Å². The Morgan fingerprint density at radius 3 is 2.12 bits per heavy atom. The maximum atomic E-state index is 4.13. The number of allylic oxidation sites excluding steroid dienone is 5. The Morgan fingerprint density at radius 2 is 1.46 bits per heavy atom. The quantitative estimate of drug-likeness (QED) is 0.147. The van der Waals surface area contributed by atoms with Gasteiger partial charge < -0.3 is 9.13 Å². The van der Waals surface area contributed by atoms with Crippen LogP contribution in [0.15, 0.2) is 122 Å². The van der Waals surface area contributed by atoms with Crippen molar-refractivity contribution in [3.05, 3.63) is 156 Å². The highest BCUT2D eigenvalue weighted by molar-refractivity contribution is 5.96. The summed E-state index contributed by atoms with van der Waals surface area (Å²) in [7, 11) is 0. The summed E-state index contributed by atoms with van der Waals surface area (Å²) < 4.78 is 4.59. The molecule has 6 rings (SSSR count). The first-order valence-corrected chi connectivity index (χ1v) is 13.9. The van der Waals surface area contributed by atoms with E-state index in [0.717, 1.165) is 28.3 Å². The minimum atomic E-state index is 1.08. The van der Waals surface area contributed by atoms with Gasteiger partial charge in [0, 0.05) is 45.2 Å². The maximum Gasteiger partial charge on any atom is 0.0618 e. The normalized spacial score (nSPS) is 12.4. The Morgan fingerprint density at radius 1 is 0.780 bits per heavy atom. The molecule has 0 saturated heterocycles. The summed E-state index contributed by atoms with van der Waals surface area (Å²) in [5.74, 6) is 0. The first-order chi connectivity index (χ1) is 20.2. The molecule has 0 unspecified atom stereocenters. The number of rotatable bonds is 7. The SMILES string of the molecule is C=C/C=C\c1c(/C=C\C)c(C=C)n(-c2ccc(-c3ccc(-n4c5c(c6ccccc64)C=CC=C=C5)cc3)cc2)c1C. The van der Waals surface area contributed by atoms with Crippen LogP contribution in [-0.4, -0.2) is 9.13 Å². The van der Waals surface area contributed by atoms with Crippen LogP contribution < -0.4 is 0 Å². The third-order valence-electron chi connectivity index (χ3n) is 7.67. The average Bonchev–Trinajstić information content (AvgIpc) is 3.32. The standard InChI is InChI=1S/C39H32N2/c1-5-8-15-33-28(4)40(37(7-3)34(33)14-6-2)31-24-20-29(21-25-31)30-22-26-32(27-23-30)41-38-18-11-9-10-16-35(38)36-17-12-13-19-39(36)41/h5-10,12-27H,1,3H2,2,4H3/b14-6-,15-8-. The van der Waals surface area contributed by atoms with Crippen LogP contribution in [-0.2, 0) is 0 Å². The molecule has 2 nitrogen and oxygen atoms in total. The van der Waals surface area contributed by atoms with Crippen LogP contribution in [0.5, 0.6) is 0 Å². The van der Waals surface area contributed by atoms with Gasteiger partial charge in [-0.2, -0.15) is 0 Å². The Hall–Kier alpha value is -5.30. The molecule has 3 aromatic carbocycles. The van der Waals surface area contributed by atoms with E-state index in [0.29, 0.717) is 0 Å². The van der Waals surface area contributed by atoms with E-state index in [1.54, 1.807) is 0 Å². The Kier molecular flexibility index (Phi) is 7.00. The van der Waals surface area contributed by atoms with Gasteiger partial charge >= 0.3 is 0 Å². The van der Waals surface area contributed by atoms with Gasteiger partial charge in [-0.3, -0.25) is 0 Å². The van der Waals surface area contributed by atoms with Crippen molar-refractivity contribution in [1.82, 2.24) is 9.13 Å². The fraction of sp³-hybridized carbons (Fsp3) is 0.0513. The summed E-state index contributed by atoms with van der Waals surface area (Å²) in [5, 5.41) is 1.24. The molecular formula is C39H32N2. The summed E-state index contributed by atoms with van der Waals surface area (Å²) in [6.45, 7) is 12.2. The summed E-state index contributed by atoms with van der Waals surface area (Å²) in [6, 6.07) is 26.2. The summed E-state index contributed by atoms with van der Waals surface area (Å²) in [5.41, 5.74) is 16.0. The molecule has 1 aliphatic carbocycles. The van der Waals surface area contributed by atoms with Crippen LogP contribution in [0.3, 0.4) is 0 Å². The number of benzene rings is 3. The maximum absolute atomic E-state index is 4.13. The molecule has 0 radical (unpaired) electrons. The number of para-hydroxylation sites is 1. The van der Waals surface area contributed by atoms with Gasteiger partial charge in [0.1, 0.15) is 0 Å². The lowest BCUT2D eigenvalue weighted by Gasteiger charge is -2.12. The van der Waals surface area contributed by atoms with Crippen LogP contribution in [0.1, 0.15) is 40.7 Å². The second-order valence-corrected chi connectivity index (χ2v) is 10.0.